The molecule has 0 aliphatic heterocycles. The van der Waals surface area contributed by atoms with Gasteiger partial charge < -0.3 is 9.15 Å². The molecular weight excluding hydrogens is 370 g/mol. The van der Waals surface area contributed by atoms with Gasteiger partial charge in [0.1, 0.15) is 0 Å². The normalized spacial score (nSPS) is 11.8. The van der Waals surface area contributed by atoms with E-state index in [1.165, 1.54) is 36.0 Å². The van der Waals surface area contributed by atoms with E-state index in [2.05, 4.69) is 10.2 Å². The molecule has 0 N–H and O–H groups in total. The molecule has 0 saturated heterocycles. The maximum atomic E-state index is 12.4. The fourth-order valence-corrected chi connectivity index (χ4v) is 2.91. The van der Waals surface area contributed by atoms with Gasteiger partial charge in [-0.1, -0.05) is 12.1 Å². The summed E-state index contributed by atoms with van der Waals surface area (Å²) in [7, 11) is 0. The fourth-order valence-electron chi connectivity index (χ4n) is 2.33. The van der Waals surface area contributed by atoms with Crippen molar-refractivity contribution in [2.75, 3.05) is 6.26 Å². The van der Waals surface area contributed by atoms with Gasteiger partial charge in [-0.05, 0) is 37.4 Å². The van der Waals surface area contributed by atoms with E-state index < -0.39 is 17.0 Å². The summed E-state index contributed by atoms with van der Waals surface area (Å²) in [6, 6.07) is 12.9. The largest absolute Gasteiger partial charge is 0.449 e. The third-order valence-corrected chi connectivity index (χ3v) is 4.52. The van der Waals surface area contributed by atoms with Crippen LogP contribution < -0.4 is 0 Å². The minimum absolute atomic E-state index is 0.0340. The summed E-state index contributed by atoms with van der Waals surface area (Å²) in [5.41, 5.74) is 0.964. The predicted molar refractivity (Wildman–Crippen MR) is 98.4 cm³/mol. The van der Waals surface area contributed by atoms with Crippen LogP contribution in [0.15, 0.2) is 57.8 Å². The number of nitro benzene ring substituents is 1. The van der Waals surface area contributed by atoms with Crippen LogP contribution in [0, 0.1) is 10.1 Å². The third kappa shape index (κ3) is 4.14. The first-order valence-corrected chi connectivity index (χ1v) is 9.14. The Morgan fingerprint density at radius 2 is 1.89 bits per heavy atom. The molecule has 2 aromatic carbocycles. The predicted octanol–water partition coefficient (Wildman–Crippen LogP) is 4.28. The van der Waals surface area contributed by atoms with Crippen LogP contribution in [0.2, 0.25) is 0 Å². The van der Waals surface area contributed by atoms with Crippen LogP contribution in [0.1, 0.15) is 29.3 Å². The minimum Gasteiger partial charge on any atom is -0.449 e. The molecule has 1 unspecified atom stereocenters. The van der Waals surface area contributed by atoms with Crippen molar-refractivity contribution in [2.24, 2.45) is 0 Å². The molecule has 0 radical (unpaired) electrons. The number of nitro groups is 1. The van der Waals surface area contributed by atoms with Crippen molar-refractivity contribution < 1.29 is 18.9 Å². The van der Waals surface area contributed by atoms with Gasteiger partial charge in [-0.3, -0.25) is 10.1 Å². The number of benzene rings is 2. The van der Waals surface area contributed by atoms with Crippen LogP contribution in [0.4, 0.5) is 5.69 Å². The van der Waals surface area contributed by atoms with Crippen LogP contribution in [-0.2, 0) is 4.74 Å². The van der Waals surface area contributed by atoms with E-state index in [0.29, 0.717) is 11.1 Å². The van der Waals surface area contributed by atoms with Gasteiger partial charge >= 0.3 is 5.97 Å². The summed E-state index contributed by atoms with van der Waals surface area (Å²) in [4.78, 5) is 23.4. The van der Waals surface area contributed by atoms with E-state index in [0.717, 1.165) is 4.90 Å². The van der Waals surface area contributed by atoms with Gasteiger partial charge in [0, 0.05) is 22.6 Å². The Bertz CT molecular complexity index is 971. The number of non-ortho nitro benzene ring substituents is 1. The summed E-state index contributed by atoms with van der Waals surface area (Å²) in [6.45, 7) is 1.63. The second-order valence-corrected chi connectivity index (χ2v) is 6.35. The molecule has 0 spiro atoms. The van der Waals surface area contributed by atoms with E-state index in [9.17, 15) is 14.9 Å². The standard InChI is InChI=1S/C18H15N3O5S/c1-11(25-18(22)14-5-3-4-6-15(14)27-2)16-19-20-17(26-16)12-7-9-13(10-8-12)21(23)24/h3-11H,1-2H3. The van der Waals surface area contributed by atoms with Gasteiger partial charge in [-0.2, -0.15) is 0 Å². The third-order valence-electron chi connectivity index (χ3n) is 3.72. The van der Waals surface area contributed by atoms with Crippen molar-refractivity contribution in [1.82, 2.24) is 10.2 Å². The number of thioether (sulfide) groups is 1. The maximum absolute atomic E-state index is 12.4. The molecule has 0 amide bonds. The molecule has 0 fully saturated rings. The van der Waals surface area contributed by atoms with E-state index in [-0.39, 0.29) is 17.5 Å². The lowest BCUT2D eigenvalue weighted by atomic mass is 10.2. The number of hydrogen-bond acceptors (Lipinski definition) is 8. The Morgan fingerprint density at radius 3 is 2.56 bits per heavy atom. The molecule has 138 valence electrons. The molecule has 27 heavy (non-hydrogen) atoms. The molecule has 0 saturated carbocycles. The topological polar surface area (TPSA) is 108 Å². The molecule has 3 rings (SSSR count). The molecule has 1 aromatic heterocycles. The summed E-state index contributed by atoms with van der Waals surface area (Å²) in [6.07, 6.45) is 1.14. The zero-order valence-corrected chi connectivity index (χ0v) is 15.3. The highest BCUT2D eigenvalue weighted by Gasteiger charge is 2.21. The molecule has 9 heteroatoms. The fraction of sp³-hybridized carbons (Fsp3) is 0.167. The first kappa shape index (κ1) is 18.6. The molecule has 0 aliphatic carbocycles. The highest BCUT2D eigenvalue weighted by Crippen LogP contribution is 2.26. The van der Waals surface area contributed by atoms with E-state index >= 15 is 0 Å². The van der Waals surface area contributed by atoms with Gasteiger partial charge in [-0.15, -0.1) is 22.0 Å². The van der Waals surface area contributed by atoms with Crippen LogP contribution in [0.3, 0.4) is 0 Å². The Hall–Kier alpha value is -3.20. The van der Waals surface area contributed by atoms with Gasteiger partial charge in [0.15, 0.2) is 6.10 Å². The Kier molecular flexibility index (Phi) is 5.51. The summed E-state index contributed by atoms with van der Waals surface area (Å²) < 4.78 is 11.0. The summed E-state index contributed by atoms with van der Waals surface area (Å²) in [5.74, 6) is -0.159. The maximum Gasteiger partial charge on any atom is 0.340 e. The number of hydrogen-bond donors (Lipinski definition) is 0. The minimum atomic E-state index is -0.744. The SMILES string of the molecule is CSc1ccccc1C(=O)OC(C)c1nnc(-c2ccc([N+](=O)[O-])cc2)o1. The molecular formula is C18H15N3O5S. The molecule has 0 bridgehead atoms. The lowest BCUT2D eigenvalue weighted by Gasteiger charge is -2.11. The summed E-state index contributed by atoms with van der Waals surface area (Å²) >= 11 is 1.45. The van der Waals surface area contributed by atoms with Crippen molar-refractivity contribution in [3.63, 3.8) is 0 Å². The Balaban J connectivity index is 1.74. The Morgan fingerprint density at radius 1 is 1.19 bits per heavy atom. The van der Waals surface area contributed by atoms with Crippen LogP contribution >= 0.6 is 11.8 Å². The van der Waals surface area contributed by atoms with E-state index in [4.69, 9.17) is 9.15 Å². The van der Waals surface area contributed by atoms with Crippen molar-refractivity contribution in [1.29, 1.82) is 0 Å². The lowest BCUT2D eigenvalue weighted by Crippen LogP contribution is -2.10. The zero-order chi connectivity index (χ0) is 19.4. The summed E-state index contributed by atoms with van der Waals surface area (Å²) in [5, 5.41) is 18.5. The van der Waals surface area contributed by atoms with Crippen molar-refractivity contribution in [3.05, 3.63) is 70.1 Å². The zero-order valence-electron chi connectivity index (χ0n) is 14.5. The molecule has 1 heterocycles. The highest BCUT2D eigenvalue weighted by molar-refractivity contribution is 7.98. The van der Waals surface area contributed by atoms with Crippen molar-refractivity contribution in [3.8, 4) is 11.5 Å². The van der Waals surface area contributed by atoms with Crippen LogP contribution in [0.25, 0.3) is 11.5 Å². The van der Waals surface area contributed by atoms with Gasteiger partial charge in [0.2, 0.25) is 5.89 Å². The number of carbonyl (C=O) groups is 1. The second-order valence-electron chi connectivity index (χ2n) is 5.50. The Labute approximate surface area is 158 Å². The van der Waals surface area contributed by atoms with Gasteiger partial charge in [0.25, 0.3) is 11.6 Å². The van der Waals surface area contributed by atoms with Gasteiger partial charge in [-0.25, -0.2) is 4.79 Å². The van der Waals surface area contributed by atoms with Crippen LogP contribution in [0.5, 0.6) is 0 Å². The quantitative estimate of drug-likeness (QED) is 0.268. The molecule has 0 aliphatic rings. The monoisotopic (exact) mass is 385 g/mol. The number of aromatic nitrogens is 2. The van der Waals surface area contributed by atoms with Gasteiger partial charge in [0.05, 0.1) is 10.5 Å². The van der Waals surface area contributed by atoms with Crippen molar-refractivity contribution in [2.45, 2.75) is 17.9 Å². The van der Waals surface area contributed by atoms with Crippen molar-refractivity contribution >= 4 is 23.4 Å². The van der Waals surface area contributed by atoms with E-state index in [1.807, 2.05) is 18.4 Å². The van der Waals surface area contributed by atoms with E-state index in [1.54, 1.807) is 19.1 Å². The number of ether oxygens (including phenoxy) is 1. The number of carbonyl (C=O) groups excluding carboxylic acids is 1. The van der Waals surface area contributed by atoms with Crippen LogP contribution in [-0.4, -0.2) is 27.3 Å². The molecule has 1 atom stereocenters. The smallest absolute Gasteiger partial charge is 0.340 e. The average Bonchev–Trinajstić information content (AvgIpc) is 3.18. The molecule has 8 nitrogen and oxygen atoms in total. The first-order valence-electron chi connectivity index (χ1n) is 7.92. The number of esters is 1. The first-order chi connectivity index (χ1) is 13.0. The number of rotatable bonds is 6. The highest BCUT2D eigenvalue weighted by atomic mass is 32.2. The second kappa shape index (κ2) is 8.00. The average molecular weight is 385 g/mol. The lowest BCUT2D eigenvalue weighted by molar-refractivity contribution is -0.384. The number of nitrogens with zero attached hydrogens (tertiary/aromatic N) is 3. The molecule has 3 aromatic rings.